The number of halogens is 1. The zero-order valence-electron chi connectivity index (χ0n) is 14.5. The molecule has 1 N–H and O–H groups in total. The Morgan fingerprint density at radius 3 is 2.63 bits per heavy atom. The first kappa shape index (κ1) is 17.5. The highest BCUT2D eigenvalue weighted by Gasteiger charge is 2.09. The van der Waals surface area contributed by atoms with Crippen LogP contribution in [0.1, 0.15) is 10.4 Å². The number of oxazole rings is 1. The Morgan fingerprint density at radius 2 is 1.93 bits per heavy atom. The zero-order chi connectivity index (χ0) is 18.6. The van der Waals surface area contributed by atoms with Crippen molar-refractivity contribution >= 4 is 34.8 Å². The molecule has 0 spiro atoms. The lowest BCUT2D eigenvalue weighted by Gasteiger charge is -2.08. The first-order chi connectivity index (χ1) is 13.2. The number of rotatable bonds is 5. The van der Waals surface area contributed by atoms with Crippen LogP contribution in [-0.4, -0.2) is 11.2 Å². The van der Waals surface area contributed by atoms with E-state index in [9.17, 15) is 0 Å². The standard InChI is InChI=1S/C21H16ClN3OS/c1-14-8-11-27-20(14)13-24-25-17-5-2-15(3-6-17)18-12-16(4-7-19(18)22)21-23-9-10-26-21/h2-13,25H,1H3/b24-13+. The molecule has 6 heteroatoms. The van der Waals surface area contributed by atoms with E-state index in [-0.39, 0.29) is 0 Å². The van der Waals surface area contributed by atoms with Crippen LogP contribution < -0.4 is 5.43 Å². The number of hydrazone groups is 1. The summed E-state index contributed by atoms with van der Waals surface area (Å²) < 4.78 is 5.37. The Balaban J connectivity index is 1.53. The van der Waals surface area contributed by atoms with Gasteiger partial charge in [-0.3, -0.25) is 5.43 Å². The third kappa shape index (κ3) is 3.94. The number of thiophene rings is 1. The second-order valence-electron chi connectivity index (χ2n) is 5.95. The average Bonchev–Trinajstić information content (AvgIpc) is 3.35. The highest BCUT2D eigenvalue weighted by Crippen LogP contribution is 2.32. The number of hydrogen-bond acceptors (Lipinski definition) is 5. The van der Waals surface area contributed by atoms with Crippen molar-refractivity contribution in [2.45, 2.75) is 6.92 Å². The van der Waals surface area contributed by atoms with Crippen molar-refractivity contribution in [3.63, 3.8) is 0 Å². The number of aryl methyl sites for hydroxylation is 1. The van der Waals surface area contributed by atoms with E-state index in [4.69, 9.17) is 16.0 Å². The maximum atomic E-state index is 6.40. The van der Waals surface area contributed by atoms with Gasteiger partial charge in [0.2, 0.25) is 5.89 Å². The molecule has 4 aromatic rings. The molecular weight excluding hydrogens is 378 g/mol. The van der Waals surface area contributed by atoms with Crippen molar-refractivity contribution in [2.24, 2.45) is 5.10 Å². The fourth-order valence-corrected chi connectivity index (χ4v) is 3.66. The van der Waals surface area contributed by atoms with Crippen molar-refractivity contribution in [2.75, 3.05) is 5.43 Å². The number of aromatic nitrogens is 1. The second-order valence-corrected chi connectivity index (χ2v) is 7.30. The van der Waals surface area contributed by atoms with Crippen molar-refractivity contribution in [1.29, 1.82) is 0 Å². The molecular formula is C21H16ClN3OS. The van der Waals surface area contributed by atoms with Gasteiger partial charge in [-0.1, -0.05) is 23.7 Å². The monoisotopic (exact) mass is 393 g/mol. The molecule has 2 heterocycles. The number of benzene rings is 2. The quantitative estimate of drug-likeness (QED) is 0.312. The normalized spacial score (nSPS) is 11.2. The van der Waals surface area contributed by atoms with Crippen LogP contribution in [0.15, 0.2) is 75.9 Å². The van der Waals surface area contributed by atoms with Gasteiger partial charge in [-0.15, -0.1) is 11.3 Å². The summed E-state index contributed by atoms with van der Waals surface area (Å²) in [5.74, 6) is 0.574. The highest BCUT2D eigenvalue weighted by atomic mass is 35.5. The average molecular weight is 394 g/mol. The predicted octanol–water partition coefficient (Wildman–Crippen LogP) is 6.48. The molecule has 27 heavy (non-hydrogen) atoms. The maximum Gasteiger partial charge on any atom is 0.225 e. The number of nitrogens with one attached hydrogen (secondary N) is 1. The van der Waals surface area contributed by atoms with E-state index in [2.05, 4.69) is 33.9 Å². The van der Waals surface area contributed by atoms with E-state index in [1.165, 1.54) is 5.56 Å². The van der Waals surface area contributed by atoms with E-state index in [1.54, 1.807) is 23.8 Å². The van der Waals surface area contributed by atoms with E-state index in [0.717, 1.165) is 27.3 Å². The smallest absolute Gasteiger partial charge is 0.225 e. The molecule has 0 radical (unpaired) electrons. The fourth-order valence-electron chi connectivity index (χ4n) is 2.65. The molecule has 0 fully saturated rings. The minimum Gasteiger partial charge on any atom is -0.445 e. The summed E-state index contributed by atoms with van der Waals surface area (Å²) in [5.41, 5.74) is 8.01. The molecule has 0 saturated carbocycles. The minimum atomic E-state index is 0.574. The first-order valence-corrected chi connectivity index (χ1v) is 9.59. The minimum absolute atomic E-state index is 0.574. The molecule has 2 aromatic heterocycles. The van der Waals surface area contributed by atoms with E-state index < -0.39 is 0 Å². The third-order valence-corrected chi connectivity index (χ3v) is 5.40. The van der Waals surface area contributed by atoms with E-state index in [1.807, 2.05) is 48.7 Å². The van der Waals surface area contributed by atoms with Gasteiger partial charge in [-0.2, -0.15) is 5.10 Å². The SMILES string of the molecule is Cc1ccsc1/C=N/Nc1ccc(-c2cc(-c3ncco3)ccc2Cl)cc1. The first-order valence-electron chi connectivity index (χ1n) is 8.34. The highest BCUT2D eigenvalue weighted by molar-refractivity contribution is 7.11. The van der Waals surface area contributed by atoms with Gasteiger partial charge < -0.3 is 4.42 Å². The van der Waals surface area contributed by atoms with Crippen LogP contribution in [-0.2, 0) is 0 Å². The van der Waals surface area contributed by atoms with E-state index >= 15 is 0 Å². The second kappa shape index (κ2) is 7.78. The lowest BCUT2D eigenvalue weighted by molar-refractivity contribution is 0.574. The van der Waals surface area contributed by atoms with Crippen LogP contribution in [0.5, 0.6) is 0 Å². The van der Waals surface area contributed by atoms with Crippen molar-refractivity contribution in [1.82, 2.24) is 4.98 Å². The number of nitrogens with zero attached hydrogens (tertiary/aromatic N) is 2. The molecule has 0 bridgehead atoms. The Kier molecular flexibility index (Phi) is 5.05. The van der Waals surface area contributed by atoms with Crippen molar-refractivity contribution < 1.29 is 4.42 Å². The topological polar surface area (TPSA) is 50.4 Å². The van der Waals surface area contributed by atoms with Crippen LogP contribution in [0.4, 0.5) is 5.69 Å². The summed E-state index contributed by atoms with van der Waals surface area (Å²) in [7, 11) is 0. The molecule has 4 nitrogen and oxygen atoms in total. The van der Waals surface area contributed by atoms with Gasteiger partial charge >= 0.3 is 0 Å². The number of hydrogen-bond donors (Lipinski definition) is 1. The summed E-state index contributed by atoms with van der Waals surface area (Å²) in [6.07, 6.45) is 5.02. The van der Waals surface area contributed by atoms with Crippen LogP contribution in [0.2, 0.25) is 5.02 Å². The largest absolute Gasteiger partial charge is 0.445 e. The molecule has 2 aromatic carbocycles. The predicted molar refractivity (Wildman–Crippen MR) is 113 cm³/mol. The molecule has 0 aliphatic carbocycles. The molecule has 0 saturated heterocycles. The number of anilines is 1. The Morgan fingerprint density at radius 1 is 1.11 bits per heavy atom. The lowest BCUT2D eigenvalue weighted by Crippen LogP contribution is -1.90. The van der Waals surface area contributed by atoms with Gasteiger partial charge in [0.25, 0.3) is 0 Å². The van der Waals surface area contributed by atoms with Gasteiger partial charge in [-0.05, 0) is 59.8 Å². The summed E-state index contributed by atoms with van der Waals surface area (Å²) in [6.45, 7) is 2.07. The van der Waals surface area contributed by atoms with Gasteiger partial charge in [0.1, 0.15) is 6.26 Å². The molecule has 134 valence electrons. The Bertz CT molecular complexity index is 1070. The summed E-state index contributed by atoms with van der Waals surface area (Å²) in [6, 6.07) is 15.8. The fraction of sp³-hybridized carbons (Fsp3) is 0.0476. The summed E-state index contributed by atoms with van der Waals surface area (Å²) >= 11 is 8.07. The summed E-state index contributed by atoms with van der Waals surface area (Å²) in [4.78, 5) is 5.34. The molecule has 0 aliphatic rings. The van der Waals surface area contributed by atoms with Crippen LogP contribution >= 0.6 is 22.9 Å². The van der Waals surface area contributed by atoms with Crippen molar-refractivity contribution in [3.8, 4) is 22.6 Å². The summed E-state index contributed by atoms with van der Waals surface area (Å²) in [5, 5.41) is 7.04. The lowest BCUT2D eigenvalue weighted by atomic mass is 10.0. The molecule has 4 rings (SSSR count). The van der Waals surface area contributed by atoms with Crippen LogP contribution in [0, 0.1) is 6.92 Å². The zero-order valence-corrected chi connectivity index (χ0v) is 16.1. The van der Waals surface area contributed by atoms with Gasteiger partial charge in [0, 0.05) is 21.0 Å². The van der Waals surface area contributed by atoms with E-state index in [0.29, 0.717) is 10.9 Å². The van der Waals surface area contributed by atoms with Crippen molar-refractivity contribution in [3.05, 3.63) is 81.8 Å². The molecule has 0 amide bonds. The molecule has 0 unspecified atom stereocenters. The Hall–Kier alpha value is -2.89. The van der Waals surface area contributed by atoms with Gasteiger partial charge in [0.05, 0.1) is 18.1 Å². The van der Waals surface area contributed by atoms with Gasteiger partial charge in [0.15, 0.2) is 0 Å². The van der Waals surface area contributed by atoms with Gasteiger partial charge in [-0.25, -0.2) is 4.98 Å². The van der Waals surface area contributed by atoms with Crippen LogP contribution in [0.3, 0.4) is 0 Å². The Labute approximate surface area is 166 Å². The molecule has 0 aliphatic heterocycles. The third-order valence-electron chi connectivity index (χ3n) is 4.12. The van der Waals surface area contributed by atoms with Crippen LogP contribution in [0.25, 0.3) is 22.6 Å². The maximum absolute atomic E-state index is 6.40. The molecule has 0 atom stereocenters.